The van der Waals surface area contributed by atoms with Crippen LogP contribution in [0.4, 0.5) is 0 Å². The number of hydrogen-bond acceptors (Lipinski definition) is 5. The molecule has 6 heteroatoms. The largest absolute Gasteiger partial charge is 0.466 e. The van der Waals surface area contributed by atoms with Gasteiger partial charge in [-0.15, -0.1) is 0 Å². The first-order valence-electron chi connectivity index (χ1n) is 42.6. The van der Waals surface area contributed by atoms with Crippen molar-refractivity contribution >= 4 is 11.9 Å². The fraction of sp³-hybridized carbons (Fsp3) is 0.930. The highest BCUT2D eigenvalue weighted by atomic mass is 16.5. The molecule has 2 unspecified atom stereocenters. The van der Waals surface area contributed by atoms with E-state index < -0.39 is 12.1 Å². The van der Waals surface area contributed by atoms with Gasteiger partial charge in [-0.2, -0.15) is 0 Å². The van der Waals surface area contributed by atoms with Crippen molar-refractivity contribution in [2.24, 2.45) is 0 Å². The summed E-state index contributed by atoms with van der Waals surface area (Å²) in [6, 6.07) is -0.538. The van der Waals surface area contributed by atoms with Crippen LogP contribution in [-0.4, -0.2) is 47.4 Å². The lowest BCUT2D eigenvalue weighted by atomic mass is 10.0. The van der Waals surface area contributed by atoms with Crippen LogP contribution in [0.15, 0.2) is 24.3 Å². The second kappa shape index (κ2) is 81.8. The molecule has 0 aliphatic rings. The van der Waals surface area contributed by atoms with Crippen LogP contribution in [0.5, 0.6) is 0 Å². The van der Waals surface area contributed by atoms with E-state index in [1.165, 1.54) is 405 Å². The summed E-state index contributed by atoms with van der Waals surface area (Å²) in [6.07, 6.45) is 106. The smallest absolute Gasteiger partial charge is 0.305 e. The summed E-state index contributed by atoms with van der Waals surface area (Å²) in [5.74, 6) is -0.00732. The molecule has 0 fully saturated rings. The van der Waals surface area contributed by atoms with Crippen LogP contribution in [0.3, 0.4) is 0 Å². The lowest BCUT2D eigenvalue weighted by molar-refractivity contribution is -0.143. The molecule has 0 saturated heterocycles. The van der Waals surface area contributed by atoms with Gasteiger partial charge in [-0.3, -0.25) is 9.59 Å². The minimum Gasteiger partial charge on any atom is -0.466 e. The van der Waals surface area contributed by atoms with Gasteiger partial charge in [-0.1, -0.05) is 443 Å². The Labute approximate surface area is 577 Å². The fourth-order valence-electron chi connectivity index (χ4n) is 13.8. The van der Waals surface area contributed by atoms with Gasteiger partial charge in [0.15, 0.2) is 0 Å². The van der Waals surface area contributed by atoms with Crippen molar-refractivity contribution in [3.8, 4) is 0 Å². The van der Waals surface area contributed by atoms with E-state index in [2.05, 4.69) is 43.5 Å². The lowest BCUT2D eigenvalue weighted by Crippen LogP contribution is -2.45. The third kappa shape index (κ3) is 77.3. The minimum absolute atomic E-state index is 0.0164. The van der Waals surface area contributed by atoms with Gasteiger partial charge in [0.25, 0.3) is 0 Å². The number of unbranched alkanes of at least 4 members (excludes halogenated alkanes) is 66. The first kappa shape index (κ1) is 90.3. The number of carbonyl (C=O) groups is 2. The molecule has 3 N–H and O–H groups in total. The van der Waals surface area contributed by atoms with Gasteiger partial charge >= 0.3 is 5.97 Å². The molecular weight excluding hydrogens is 1130 g/mol. The molecule has 0 aromatic rings. The Balaban J connectivity index is 3.31. The van der Waals surface area contributed by atoms with Crippen molar-refractivity contribution in [3.05, 3.63) is 24.3 Å². The van der Waals surface area contributed by atoms with Crippen LogP contribution in [0, 0.1) is 0 Å². The second-order valence-electron chi connectivity index (χ2n) is 29.5. The number of amides is 1. The number of rotatable bonds is 81. The Kier molecular flexibility index (Phi) is 80.3. The van der Waals surface area contributed by atoms with E-state index in [-0.39, 0.29) is 18.5 Å². The van der Waals surface area contributed by atoms with Gasteiger partial charge in [0.1, 0.15) is 0 Å². The van der Waals surface area contributed by atoms with Gasteiger partial charge in [-0.05, 0) is 57.8 Å². The number of nitrogens with one attached hydrogen (secondary N) is 1. The Morgan fingerprint density at radius 1 is 0.304 bits per heavy atom. The fourth-order valence-corrected chi connectivity index (χ4v) is 13.8. The standard InChI is InChI=1S/C86H167NO5/c1-3-5-7-9-11-13-15-17-19-21-23-24-40-43-46-50-54-58-62-66-70-74-78-84(89)83(82-88)87-85(90)79-75-71-67-63-59-55-51-47-44-41-38-36-34-32-30-28-26-25-27-29-31-33-35-37-39-42-45-49-53-57-61-65-69-73-77-81-92-86(91)80-76-72-68-64-60-56-52-48-22-20-18-16-14-12-10-8-6-4-2/h14,16,20,22,83-84,88-89H,3-13,15,17-19,21,23-82H2,1-2H3,(H,87,90)/b16-14-,22-20-. The van der Waals surface area contributed by atoms with Crippen molar-refractivity contribution in [1.29, 1.82) is 0 Å². The number of aliphatic hydroxyl groups excluding tert-OH is 2. The molecule has 0 aromatic carbocycles. The Morgan fingerprint density at radius 3 is 0.837 bits per heavy atom. The average Bonchev–Trinajstić information content (AvgIpc) is 3.77. The molecular formula is C86H167NO5. The van der Waals surface area contributed by atoms with Gasteiger partial charge in [0, 0.05) is 12.8 Å². The van der Waals surface area contributed by atoms with Crippen molar-refractivity contribution in [2.45, 2.75) is 501 Å². The topological polar surface area (TPSA) is 95.9 Å². The van der Waals surface area contributed by atoms with Crippen molar-refractivity contribution in [2.75, 3.05) is 13.2 Å². The molecule has 546 valence electrons. The molecule has 6 nitrogen and oxygen atoms in total. The Hall–Kier alpha value is -1.66. The van der Waals surface area contributed by atoms with Crippen LogP contribution in [0.2, 0.25) is 0 Å². The van der Waals surface area contributed by atoms with Crippen LogP contribution in [-0.2, 0) is 14.3 Å². The predicted octanol–water partition coefficient (Wildman–Crippen LogP) is 28.4. The molecule has 0 radical (unpaired) electrons. The summed E-state index contributed by atoms with van der Waals surface area (Å²) < 4.78 is 5.51. The van der Waals surface area contributed by atoms with E-state index in [0.29, 0.717) is 25.9 Å². The van der Waals surface area contributed by atoms with Crippen molar-refractivity contribution in [3.63, 3.8) is 0 Å². The number of aliphatic hydroxyl groups is 2. The van der Waals surface area contributed by atoms with Crippen molar-refractivity contribution in [1.82, 2.24) is 5.32 Å². The number of carbonyl (C=O) groups excluding carboxylic acids is 2. The summed E-state index contributed by atoms with van der Waals surface area (Å²) in [5, 5.41) is 23.5. The van der Waals surface area contributed by atoms with Crippen molar-refractivity contribution < 1.29 is 24.5 Å². The quantitative estimate of drug-likeness (QED) is 0.0320. The van der Waals surface area contributed by atoms with Gasteiger partial charge < -0.3 is 20.3 Å². The maximum absolute atomic E-state index is 12.6. The molecule has 0 rings (SSSR count). The molecule has 0 spiro atoms. The third-order valence-corrected chi connectivity index (χ3v) is 20.3. The molecule has 0 aliphatic heterocycles. The molecule has 1 amide bonds. The number of esters is 1. The normalized spacial score (nSPS) is 12.5. The average molecular weight is 1300 g/mol. The number of ether oxygens (including phenoxy) is 1. The first-order chi connectivity index (χ1) is 45.5. The second-order valence-corrected chi connectivity index (χ2v) is 29.5. The highest BCUT2D eigenvalue weighted by Crippen LogP contribution is 2.21. The summed E-state index contributed by atoms with van der Waals surface area (Å²) in [5.41, 5.74) is 0. The van der Waals surface area contributed by atoms with E-state index in [0.717, 1.165) is 51.4 Å². The number of hydrogen-bond donors (Lipinski definition) is 3. The Morgan fingerprint density at radius 2 is 0.543 bits per heavy atom. The zero-order valence-electron chi connectivity index (χ0n) is 62.8. The zero-order valence-corrected chi connectivity index (χ0v) is 62.8. The molecule has 0 aliphatic carbocycles. The third-order valence-electron chi connectivity index (χ3n) is 20.3. The highest BCUT2D eigenvalue weighted by Gasteiger charge is 2.20. The van der Waals surface area contributed by atoms with Crippen LogP contribution in [0.25, 0.3) is 0 Å². The van der Waals surface area contributed by atoms with E-state index in [1.807, 2.05) is 0 Å². The molecule has 0 bridgehead atoms. The van der Waals surface area contributed by atoms with Gasteiger partial charge in [0.2, 0.25) is 5.91 Å². The molecule has 2 atom stereocenters. The highest BCUT2D eigenvalue weighted by molar-refractivity contribution is 5.76. The Bertz CT molecular complexity index is 1450. The van der Waals surface area contributed by atoms with Gasteiger partial charge in [-0.25, -0.2) is 0 Å². The summed E-state index contributed by atoms with van der Waals surface area (Å²) in [4.78, 5) is 24.7. The summed E-state index contributed by atoms with van der Waals surface area (Å²) in [6.45, 7) is 4.99. The summed E-state index contributed by atoms with van der Waals surface area (Å²) >= 11 is 0. The molecule has 0 saturated carbocycles. The molecule has 92 heavy (non-hydrogen) atoms. The van der Waals surface area contributed by atoms with Crippen LogP contribution < -0.4 is 5.32 Å². The van der Waals surface area contributed by atoms with E-state index in [9.17, 15) is 19.8 Å². The SMILES string of the molecule is CCCCCC/C=C\C/C=C\CCCCCCCCCC(=O)OCCCCCCCCCCCCCCCCCCCCCCCCCCCCCCCCCCCCCC(=O)NC(CO)C(O)CCCCCCCCCCCCCCCCCCCCCCCC. The molecule has 0 heterocycles. The van der Waals surface area contributed by atoms with E-state index in [1.54, 1.807) is 0 Å². The number of allylic oxidation sites excluding steroid dienone is 4. The van der Waals surface area contributed by atoms with Crippen LogP contribution in [0.1, 0.15) is 489 Å². The molecule has 0 aromatic heterocycles. The van der Waals surface area contributed by atoms with Crippen LogP contribution >= 0.6 is 0 Å². The maximum Gasteiger partial charge on any atom is 0.305 e. The lowest BCUT2D eigenvalue weighted by Gasteiger charge is -2.22. The zero-order chi connectivity index (χ0) is 66.3. The predicted molar refractivity (Wildman–Crippen MR) is 407 cm³/mol. The van der Waals surface area contributed by atoms with E-state index in [4.69, 9.17) is 4.74 Å². The van der Waals surface area contributed by atoms with Gasteiger partial charge in [0.05, 0.1) is 25.4 Å². The first-order valence-corrected chi connectivity index (χ1v) is 42.6. The minimum atomic E-state index is -0.662. The monoisotopic (exact) mass is 1290 g/mol. The summed E-state index contributed by atoms with van der Waals surface area (Å²) in [7, 11) is 0. The van der Waals surface area contributed by atoms with E-state index >= 15 is 0 Å². The maximum atomic E-state index is 12.6.